The van der Waals surface area contributed by atoms with Crippen molar-refractivity contribution < 1.29 is 9.18 Å². The molecule has 156 valence electrons. The zero-order valence-corrected chi connectivity index (χ0v) is 19.2. The minimum atomic E-state index is -1.89. The summed E-state index contributed by atoms with van der Waals surface area (Å²) in [6, 6.07) is 15.5. The van der Waals surface area contributed by atoms with Crippen molar-refractivity contribution >= 4 is 45.4 Å². The maximum atomic E-state index is 15.1. The second-order valence-corrected chi connectivity index (χ2v) is 9.31. The summed E-state index contributed by atoms with van der Waals surface area (Å²) in [6.45, 7) is 1.04. The van der Waals surface area contributed by atoms with Gasteiger partial charge in [-0.2, -0.15) is 5.26 Å². The smallest absolute Gasteiger partial charge is 0.258 e. The molecular weight excluding hydrogens is 489 g/mol. The lowest BCUT2D eigenvalue weighted by Gasteiger charge is -2.34. The van der Waals surface area contributed by atoms with E-state index in [4.69, 9.17) is 16.9 Å². The highest BCUT2D eigenvalue weighted by atomic mass is 79.9. The van der Waals surface area contributed by atoms with Gasteiger partial charge in [-0.3, -0.25) is 4.79 Å². The number of piperidine rings is 1. The molecule has 1 heterocycles. The van der Waals surface area contributed by atoms with Crippen molar-refractivity contribution in [3.63, 3.8) is 0 Å². The van der Waals surface area contributed by atoms with Gasteiger partial charge in [-0.15, -0.1) is 0 Å². The maximum Gasteiger partial charge on any atom is 0.258 e. The normalized spacial score (nSPS) is 16.3. The highest BCUT2D eigenvalue weighted by molar-refractivity contribution is 9.10. The van der Waals surface area contributed by atoms with Crippen LogP contribution in [0, 0.1) is 11.3 Å². The van der Waals surface area contributed by atoms with E-state index in [1.54, 1.807) is 11.9 Å². The summed E-state index contributed by atoms with van der Waals surface area (Å²) >= 11 is 11.5. The molecule has 0 bridgehead atoms. The van der Waals surface area contributed by atoms with E-state index in [0.29, 0.717) is 18.1 Å². The molecule has 1 aliphatic heterocycles. The fraction of sp³-hybridized carbons (Fsp3) is 0.273. The number of benzene rings is 2. The molecule has 2 aromatic carbocycles. The van der Waals surface area contributed by atoms with E-state index in [0.717, 1.165) is 20.5 Å². The van der Waals surface area contributed by atoms with Gasteiger partial charge in [0.1, 0.15) is 0 Å². The third-order valence-electron chi connectivity index (χ3n) is 4.83. The first-order chi connectivity index (χ1) is 14.4. The van der Waals surface area contributed by atoms with Crippen LogP contribution in [0.5, 0.6) is 0 Å². The topological polar surface area (TPSA) is 56.1 Å². The third kappa shape index (κ3) is 5.64. The Morgan fingerprint density at radius 3 is 2.73 bits per heavy atom. The second-order valence-electron chi connectivity index (χ2n) is 6.85. The molecule has 30 heavy (non-hydrogen) atoms. The molecule has 8 heteroatoms. The van der Waals surface area contributed by atoms with Gasteiger partial charge in [-0.25, -0.2) is 8.70 Å². The van der Waals surface area contributed by atoms with Gasteiger partial charge in [0.2, 0.25) is 0 Å². The Kier molecular flexibility index (Phi) is 7.95. The number of nitrogens with one attached hydrogen (secondary N) is 1. The van der Waals surface area contributed by atoms with E-state index >= 15 is 4.39 Å². The van der Waals surface area contributed by atoms with E-state index in [1.165, 1.54) is 12.2 Å². The molecule has 1 aliphatic rings. The van der Waals surface area contributed by atoms with Gasteiger partial charge in [0.05, 0.1) is 6.07 Å². The Labute approximate surface area is 193 Å². The average Bonchev–Trinajstić information content (AvgIpc) is 2.74. The van der Waals surface area contributed by atoms with Gasteiger partial charge in [0.15, 0.2) is 5.67 Å². The molecule has 3 rings (SSSR count). The lowest BCUT2D eigenvalue weighted by molar-refractivity contribution is -0.135. The van der Waals surface area contributed by atoms with Gasteiger partial charge in [0, 0.05) is 58.5 Å². The average molecular weight is 509 g/mol. The summed E-state index contributed by atoms with van der Waals surface area (Å²) in [5.41, 5.74) is 0.0479. The lowest BCUT2D eigenvalue weighted by Crippen LogP contribution is -2.49. The van der Waals surface area contributed by atoms with Gasteiger partial charge in [0.25, 0.3) is 5.91 Å². The summed E-state index contributed by atoms with van der Waals surface area (Å²) in [4.78, 5) is 13.2. The molecular formula is C22H20BrClFN3OS. The monoisotopic (exact) mass is 507 g/mol. The number of alkyl halides is 1. The van der Waals surface area contributed by atoms with Crippen LogP contribution in [0.2, 0.25) is 5.02 Å². The predicted molar refractivity (Wildman–Crippen MR) is 123 cm³/mol. The lowest BCUT2D eigenvalue weighted by atomic mass is 9.93. The van der Waals surface area contributed by atoms with Gasteiger partial charge < -0.3 is 5.32 Å². The van der Waals surface area contributed by atoms with Crippen LogP contribution >= 0.6 is 39.5 Å². The molecule has 0 spiro atoms. The van der Waals surface area contributed by atoms with E-state index in [1.807, 2.05) is 48.5 Å². The largest absolute Gasteiger partial charge is 0.350 e. The fourth-order valence-electron chi connectivity index (χ4n) is 3.19. The van der Waals surface area contributed by atoms with Gasteiger partial charge in [-0.1, -0.05) is 51.8 Å². The first-order valence-electron chi connectivity index (χ1n) is 9.42. The Bertz CT molecular complexity index is 987. The molecule has 0 aromatic heterocycles. The van der Waals surface area contributed by atoms with Crippen LogP contribution in [0.4, 0.5) is 4.39 Å². The van der Waals surface area contributed by atoms with E-state index in [2.05, 4.69) is 25.6 Å². The SMILES string of the molecule is N#C/C=C\CNC(=O)C1(F)CCN(Sc2ccc(Br)cc2-c2ccccc2Cl)CC1. The van der Waals surface area contributed by atoms with Crippen LogP contribution in [0.3, 0.4) is 0 Å². The zero-order valence-electron chi connectivity index (χ0n) is 16.1. The van der Waals surface area contributed by atoms with Crippen molar-refractivity contribution in [3.8, 4) is 17.2 Å². The Morgan fingerprint density at radius 1 is 1.30 bits per heavy atom. The molecule has 1 amide bonds. The molecule has 0 radical (unpaired) electrons. The fourth-order valence-corrected chi connectivity index (χ4v) is 4.83. The number of nitrogens with zero attached hydrogens (tertiary/aromatic N) is 2. The summed E-state index contributed by atoms with van der Waals surface area (Å²) in [6.07, 6.45) is 2.99. The number of rotatable bonds is 6. The van der Waals surface area contributed by atoms with Crippen molar-refractivity contribution in [2.24, 2.45) is 0 Å². The van der Waals surface area contributed by atoms with Crippen molar-refractivity contribution in [1.82, 2.24) is 9.62 Å². The number of hydrogen-bond donors (Lipinski definition) is 1. The van der Waals surface area contributed by atoms with Crippen LogP contribution < -0.4 is 5.32 Å². The molecule has 4 nitrogen and oxygen atoms in total. The van der Waals surface area contributed by atoms with Gasteiger partial charge >= 0.3 is 0 Å². The summed E-state index contributed by atoms with van der Waals surface area (Å²) in [5, 5.41) is 11.7. The standard InChI is InChI=1S/C22H20BrClFN3OS/c23-16-7-8-20(18(15-16)17-5-1-2-6-19(17)24)30-28-13-9-22(25,10-14-28)21(29)27-12-4-3-11-26/h1-8,15H,9-10,12-14H2,(H,27,29)/b4-3-. The molecule has 1 N–H and O–H groups in total. The van der Waals surface area contributed by atoms with E-state index < -0.39 is 11.6 Å². The van der Waals surface area contributed by atoms with Crippen LogP contribution in [-0.4, -0.2) is 35.5 Å². The number of carbonyl (C=O) groups excluding carboxylic acids is 1. The number of halogens is 3. The van der Waals surface area contributed by atoms with Crippen LogP contribution in [0.15, 0.2) is 64.0 Å². The Hall–Kier alpha value is -1.85. The number of hydrogen-bond acceptors (Lipinski definition) is 4. The number of nitriles is 1. The highest BCUT2D eigenvalue weighted by Gasteiger charge is 2.41. The highest BCUT2D eigenvalue weighted by Crippen LogP contribution is 2.40. The minimum absolute atomic E-state index is 0.117. The Balaban J connectivity index is 1.67. The minimum Gasteiger partial charge on any atom is -0.350 e. The van der Waals surface area contributed by atoms with Crippen LogP contribution in [-0.2, 0) is 4.79 Å². The first-order valence-corrected chi connectivity index (χ1v) is 11.4. The van der Waals surface area contributed by atoms with Crippen molar-refractivity contribution in [3.05, 3.63) is 64.1 Å². The van der Waals surface area contributed by atoms with Crippen molar-refractivity contribution in [2.75, 3.05) is 19.6 Å². The van der Waals surface area contributed by atoms with E-state index in [9.17, 15) is 4.79 Å². The molecule has 0 saturated carbocycles. The zero-order chi connectivity index (χ0) is 21.6. The first kappa shape index (κ1) is 22.8. The summed E-state index contributed by atoms with van der Waals surface area (Å²) < 4.78 is 18.1. The van der Waals surface area contributed by atoms with Crippen molar-refractivity contribution in [2.45, 2.75) is 23.4 Å². The van der Waals surface area contributed by atoms with E-state index in [-0.39, 0.29) is 19.4 Å². The number of allylic oxidation sites excluding steroid dienone is 1. The van der Waals surface area contributed by atoms with Gasteiger partial charge in [-0.05, 0) is 41.8 Å². The maximum absolute atomic E-state index is 15.1. The van der Waals surface area contributed by atoms with Crippen molar-refractivity contribution in [1.29, 1.82) is 5.26 Å². The Morgan fingerprint density at radius 2 is 2.03 bits per heavy atom. The summed E-state index contributed by atoms with van der Waals surface area (Å²) in [7, 11) is 0. The third-order valence-corrected chi connectivity index (χ3v) is 6.83. The molecule has 0 atom stereocenters. The number of amides is 1. The molecule has 0 aliphatic carbocycles. The predicted octanol–water partition coefficient (Wildman–Crippen LogP) is 5.78. The molecule has 0 unspecified atom stereocenters. The van der Waals surface area contributed by atoms with Crippen LogP contribution in [0.25, 0.3) is 11.1 Å². The summed E-state index contributed by atoms with van der Waals surface area (Å²) in [5.74, 6) is -0.616. The molecule has 1 saturated heterocycles. The second kappa shape index (κ2) is 10.5. The quantitative estimate of drug-likeness (QED) is 0.397. The number of carbonyl (C=O) groups is 1. The molecule has 1 fully saturated rings. The molecule has 2 aromatic rings. The van der Waals surface area contributed by atoms with Crippen LogP contribution in [0.1, 0.15) is 12.8 Å².